The van der Waals surface area contributed by atoms with Crippen molar-refractivity contribution in [1.82, 2.24) is 9.78 Å². The van der Waals surface area contributed by atoms with E-state index in [1.54, 1.807) is 6.92 Å². The Hall–Kier alpha value is -3.15. The fourth-order valence-corrected chi connectivity index (χ4v) is 2.19. The van der Waals surface area contributed by atoms with Crippen LogP contribution in [0.3, 0.4) is 0 Å². The van der Waals surface area contributed by atoms with Crippen molar-refractivity contribution in [3.05, 3.63) is 64.3 Å². The molecular formula is C16H12N2O4. The molecule has 6 heteroatoms. The van der Waals surface area contributed by atoms with Gasteiger partial charge in [-0.1, -0.05) is 18.2 Å². The highest BCUT2D eigenvalue weighted by Crippen LogP contribution is 2.28. The van der Waals surface area contributed by atoms with E-state index >= 15 is 0 Å². The van der Waals surface area contributed by atoms with Crippen LogP contribution in [0.5, 0.6) is 5.75 Å². The van der Waals surface area contributed by atoms with Crippen molar-refractivity contribution < 1.29 is 14.3 Å². The molecule has 2 heterocycles. The summed E-state index contributed by atoms with van der Waals surface area (Å²) in [7, 11) is 0. The molecule has 0 spiro atoms. The molecule has 0 unspecified atom stereocenters. The third kappa shape index (κ3) is 2.31. The normalized spacial score (nSPS) is 10.6. The summed E-state index contributed by atoms with van der Waals surface area (Å²) in [5.74, 6) is 0.0107. The van der Waals surface area contributed by atoms with Gasteiger partial charge in [0.25, 0.3) is 0 Å². The number of hydrogen-bond donors (Lipinski definition) is 1. The van der Waals surface area contributed by atoms with Gasteiger partial charge in [-0.2, -0.15) is 5.10 Å². The quantitative estimate of drug-likeness (QED) is 0.750. The minimum atomic E-state index is -0.737. The van der Waals surface area contributed by atoms with Gasteiger partial charge in [-0.25, -0.2) is 9.48 Å². The fourth-order valence-electron chi connectivity index (χ4n) is 2.19. The molecule has 3 aromatic rings. The van der Waals surface area contributed by atoms with Gasteiger partial charge in [0, 0.05) is 12.3 Å². The van der Waals surface area contributed by atoms with Gasteiger partial charge >= 0.3 is 5.63 Å². The molecule has 0 atom stereocenters. The number of para-hydroxylation sites is 1. The van der Waals surface area contributed by atoms with E-state index in [-0.39, 0.29) is 28.3 Å². The number of aryl methyl sites for hydroxylation is 1. The SMILES string of the molecule is Cc1cc(O)c(-c2nn(-c3ccccc3)cc2C=O)c(=O)o1. The van der Waals surface area contributed by atoms with Gasteiger partial charge in [0.15, 0.2) is 6.29 Å². The van der Waals surface area contributed by atoms with Crippen LogP contribution < -0.4 is 5.63 Å². The van der Waals surface area contributed by atoms with Gasteiger partial charge < -0.3 is 9.52 Å². The first kappa shape index (κ1) is 13.8. The largest absolute Gasteiger partial charge is 0.507 e. The number of carbonyl (C=O) groups is 1. The maximum absolute atomic E-state index is 12.0. The Balaban J connectivity index is 2.23. The molecule has 6 nitrogen and oxygen atoms in total. The number of aldehydes is 1. The summed E-state index contributed by atoms with van der Waals surface area (Å²) in [4.78, 5) is 23.3. The van der Waals surface area contributed by atoms with Crippen LogP contribution in [0.2, 0.25) is 0 Å². The minimum absolute atomic E-state index is 0.0881. The summed E-state index contributed by atoms with van der Waals surface area (Å²) in [6.07, 6.45) is 2.08. The molecule has 0 fully saturated rings. The lowest BCUT2D eigenvalue weighted by Gasteiger charge is -2.02. The van der Waals surface area contributed by atoms with Gasteiger partial charge in [0.2, 0.25) is 0 Å². The number of aromatic nitrogens is 2. The molecule has 0 bridgehead atoms. The molecule has 110 valence electrons. The lowest BCUT2D eigenvalue weighted by Crippen LogP contribution is -2.06. The second-order valence-electron chi connectivity index (χ2n) is 4.74. The van der Waals surface area contributed by atoms with E-state index in [4.69, 9.17) is 4.42 Å². The number of hydrogen-bond acceptors (Lipinski definition) is 5. The van der Waals surface area contributed by atoms with E-state index in [0.717, 1.165) is 5.69 Å². The van der Waals surface area contributed by atoms with Crippen molar-refractivity contribution in [2.24, 2.45) is 0 Å². The van der Waals surface area contributed by atoms with Gasteiger partial charge in [0.05, 0.1) is 11.3 Å². The first-order chi connectivity index (χ1) is 10.6. The van der Waals surface area contributed by atoms with Crippen LogP contribution in [-0.2, 0) is 0 Å². The Labute approximate surface area is 125 Å². The maximum atomic E-state index is 12.0. The second-order valence-corrected chi connectivity index (χ2v) is 4.74. The summed E-state index contributed by atoms with van der Waals surface area (Å²) >= 11 is 0. The standard InChI is InChI=1S/C16H12N2O4/c1-10-7-13(20)14(16(21)22-10)15-11(9-19)8-18(17-15)12-5-3-2-4-6-12/h2-9,20H,1H3. The van der Waals surface area contributed by atoms with Crippen LogP contribution in [0.4, 0.5) is 0 Å². The fraction of sp³-hybridized carbons (Fsp3) is 0.0625. The van der Waals surface area contributed by atoms with E-state index in [2.05, 4.69) is 5.10 Å². The van der Waals surface area contributed by atoms with Crippen LogP contribution >= 0.6 is 0 Å². The molecule has 0 aliphatic rings. The van der Waals surface area contributed by atoms with Crippen molar-refractivity contribution in [1.29, 1.82) is 0 Å². The van der Waals surface area contributed by atoms with Gasteiger partial charge in [-0.15, -0.1) is 0 Å². The van der Waals surface area contributed by atoms with Crippen LogP contribution in [0.15, 0.2) is 51.8 Å². The first-order valence-corrected chi connectivity index (χ1v) is 6.54. The Morgan fingerprint density at radius 1 is 1.27 bits per heavy atom. The van der Waals surface area contributed by atoms with E-state index < -0.39 is 5.63 Å². The summed E-state index contributed by atoms with van der Waals surface area (Å²) in [6, 6.07) is 10.4. The molecule has 1 N–H and O–H groups in total. The van der Waals surface area contributed by atoms with Crippen molar-refractivity contribution in [3.8, 4) is 22.7 Å². The second kappa shape index (κ2) is 5.33. The number of benzene rings is 1. The molecule has 0 amide bonds. The highest BCUT2D eigenvalue weighted by atomic mass is 16.4. The summed E-state index contributed by atoms with van der Waals surface area (Å²) < 4.78 is 6.45. The summed E-state index contributed by atoms with van der Waals surface area (Å²) in [5.41, 5.74) is 0.148. The lowest BCUT2D eigenvalue weighted by molar-refractivity contribution is 0.112. The molecule has 0 saturated carbocycles. The number of aromatic hydroxyl groups is 1. The third-order valence-corrected chi connectivity index (χ3v) is 3.18. The predicted molar refractivity (Wildman–Crippen MR) is 79.3 cm³/mol. The first-order valence-electron chi connectivity index (χ1n) is 6.54. The Morgan fingerprint density at radius 2 is 2.00 bits per heavy atom. The average Bonchev–Trinajstić information content (AvgIpc) is 2.91. The van der Waals surface area contributed by atoms with Crippen molar-refractivity contribution in [2.45, 2.75) is 6.92 Å². The maximum Gasteiger partial charge on any atom is 0.349 e. The van der Waals surface area contributed by atoms with Gasteiger partial charge in [-0.05, 0) is 19.1 Å². The van der Waals surface area contributed by atoms with Gasteiger partial charge in [-0.3, -0.25) is 4.79 Å². The zero-order valence-electron chi connectivity index (χ0n) is 11.7. The van der Waals surface area contributed by atoms with Crippen molar-refractivity contribution in [3.63, 3.8) is 0 Å². The summed E-state index contributed by atoms with van der Waals surface area (Å²) in [5, 5.41) is 14.2. The molecule has 0 aliphatic carbocycles. The van der Waals surface area contributed by atoms with Crippen molar-refractivity contribution in [2.75, 3.05) is 0 Å². The van der Waals surface area contributed by atoms with Gasteiger partial charge in [0.1, 0.15) is 22.8 Å². The average molecular weight is 296 g/mol. The van der Waals surface area contributed by atoms with Crippen molar-refractivity contribution >= 4 is 6.29 Å². The minimum Gasteiger partial charge on any atom is -0.507 e. The number of rotatable bonds is 3. The molecule has 1 aromatic carbocycles. The molecule has 3 rings (SSSR count). The monoisotopic (exact) mass is 296 g/mol. The third-order valence-electron chi connectivity index (χ3n) is 3.18. The molecule has 2 aromatic heterocycles. The zero-order chi connectivity index (χ0) is 15.7. The zero-order valence-corrected chi connectivity index (χ0v) is 11.7. The Kier molecular flexibility index (Phi) is 3.34. The summed E-state index contributed by atoms with van der Waals surface area (Å²) in [6.45, 7) is 1.55. The molecule has 0 saturated heterocycles. The van der Waals surface area contributed by atoms with Crippen LogP contribution in [0.1, 0.15) is 16.1 Å². The topological polar surface area (TPSA) is 85.3 Å². The highest BCUT2D eigenvalue weighted by molar-refractivity contribution is 5.86. The van der Waals surface area contributed by atoms with Crippen LogP contribution in [-0.4, -0.2) is 21.2 Å². The van der Waals surface area contributed by atoms with E-state index in [1.165, 1.54) is 16.9 Å². The molecule has 0 aliphatic heterocycles. The Bertz CT molecular complexity index is 894. The highest BCUT2D eigenvalue weighted by Gasteiger charge is 2.20. The van der Waals surface area contributed by atoms with E-state index in [0.29, 0.717) is 6.29 Å². The smallest absolute Gasteiger partial charge is 0.349 e. The van der Waals surface area contributed by atoms with Crippen LogP contribution in [0, 0.1) is 6.92 Å². The van der Waals surface area contributed by atoms with E-state index in [9.17, 15) is 14.7 Å². The number of nitrogens with zero attached hydrogens (tertiary/aromatic N) is 2. The van der Waals surface area contributed by atoms with Crippen LogP contribution in [0.25, 0.3) is 16.9 Å². The van der Waals surface area contributed by atoms with E-state index in [1.807, 2.05) is 30.3 Å². The molecular weight excluding hydrogens is 284 g/mol. The number of carbonyl (C=O) groups excluding carboxylic acids is 1. The molecule has 22 heavy (non-hydrogen) atoms. The predicted octanol–water partition coefficient (Wildman–Crippen LogP) is 2.32. The molecule has 0 radical (unpaired) electrons. The Morgan fingerprint density at radius 3 is 2.64 bits per heavy atom. The lowest BCUT2D eigenvalue weighted by atomic mass is 10.1.